The number of aromatic nitrogens is 1. The number of rotatable bonds is 3. The zero-order chi connectivity index (χ0) is 14.0. The lowest BCUT2D eigenvalue weighted by atomic mass is 9.83. The van der Waals surface area contributed by atoms with Crippen LogP contribution in [0.25, 0.3) is 0 Å². The molecule has 1 aromatic heterocycles. The second-order valence-corrected chi connectivity index (χ2v) is 7.59. The molecule has 0 aromatic carbocycles. The van der Waals surface area contributed by atoms with E-state index in [0.717, 1.165) is 19.0 Å². The van der Waals surface area contributed by atoms with Crippen molar-refractivity contribution in [3.05, 3.63) is 29.8 Å². The molecule has 0 spiro atoms. The highest BCUT2D eigenvalue weighted by Crippen LogP contribution is 2.36. The van der Waals surface area contributed by atoms with Crippen LogP contribution in [-0.2, 0) is 9.84 Å². The minimum absolute atomic E-state index is 0.155. The molecule has 1 saturated carbocycles. The zero-order valence-electron chi connectivity index (χ0n) is 10.8. The Hall–Kier alpha value is -1.01. The van der Waals surface area contributed by atoms with Crippen LogP contribution in [-0.4, -0.2) is 30.0 Å². The third-order valence-corrected chi connectivity index (χ3v) is 5.43. The van der Waals surface area contributed by atoms with Crippen molar-refractivity contribution in [1.82, 2.24) is 4.98 Å². The van der Waals surface area contributed by atoms with Crippen molar-refractivity contribution in [2.75, 3.05) is 6.26 Å². The van der Waals surface area contributed by atoms with E-state index in [0.29, 0.717) is 18.4 Å². The highest BCUT2D eigenvalue weighted by atomic mass is 32.2. The third-order valence-electron chi connectivity index (χ3n) is 3.79. The molecule has 6 heteroatoms. The van der Waals surface area contributed by atoms with E-state index in [1.165, 1.54) is 18.5 Å². The van der Waals surface area contributed by atoms with Crippen molar-refractivity contribution in [3.63, 3.8) is 0 Å². The molecule has 0 aliphatic heterocycles. The Bertz CT molecular complexity index is 547. The molecule has 1 N–H and O–H groups in total. The second kappa shape index (κ2) is 5.54. The zero-order valence-corrected chi connectivity index (χ0v) is 11.6. The monoisotopic (exact) mass is 287 g/mol. The molecule has 1 fully saturated rings. The number of aliphatic hydroxyl groups is 1. The summed E-state index contributed by atoms with van der Waals surface area (Å²) in [5.74, 6) is -0.649. The van der Waals surface area contributed by atoms with Gasteiger partial charge in [0.15, 0.2) is 0 Å². The molecule has 0 amide bonds. The topological polar surface area (TPSA) is 67.3 Å². The quantitative estimate of drug-likeness (QED) is 0.921. The Balaban J connectivity index is 2.13. The first-order valence-corrected chi connectivity index (χ1v) is 8.31. The van der Waals surface area contributed by atoms with Gasteiger partial charge in [-0.15, -0.1) is 0 Å². The summed E-state index contributed by atoms with van der Waals surface area (Å²) in [5.41, 5.74) is 0.416. The maximum atomic E-state index is 13.1. The summed E-state index contributed by atoms with van der Waals surface area (Å²) >= 11 is 0. The minimum Gasteiger partial charge on any atom is -0.388 e. The maximum Gasteiger partial charge on any atom is 0.150 e. The molecule has 0 radical (unpaired) electrons. The van der Waals surface area contributed by atoms with E-state index < -0.39 is 27.0 Å². The van der Waals surface area contributed by atoms with Crippen LogP contribution in [0.4, 0.5) is 4.39 Å². The van der Waals surface area contributed by atoms with Gasteiger partial charge >= 0.3 is 0 Å². The van der Waals surface area contributed by atoms with E-state index in [-0.39, 0.29) is 5.92 Å². The van der Waals surface area contributed by atoms with Crippen LogP contribution >= 0.6 is 0 Å². The molecule has 4 nitrogen and oxygen atoms in total. The molecule has 3 unspecified atom stereocenters. The van der Waals surface area contributed by atoms with Gasteiger partial charge in [-0.2, -0.15) is 0 Å². The van der Waals surface area contributed by atoms with E-state index in [1.807, 2.05) is 0 Å². The lowest BCUT2D eigenvalue weighted by molar-refractivity contribution is 0.0851. The molecule has 0 bridgehead atoms. The third kappa shape index (κ3) is 3.51. The Kier molecular flexibility index (Phi) is 4.20. The number of sulfone groups is 1. The van der Waals surface area contributed by atoms with Gasteiger partial charge in [0, 0.05) is 18.0 Å². The van der Waals surface area contributed by atoms with Gasteiger partial charge in [0.2, 0.25) is 0 Å². The van der Waals surface area contributed by atoms with Gasteiger partial charge in [0.25, 0.3) is 0 Å². The molecule has 0 saturated heterocycles. The average Bonchev–Trinajstić information content (AvgIpc) is 2.37. The number of hydrogen-bond donors (Lipinski definition) is 1. The van der Waals surface area contributed by atoms with E-state index in [1.54, 1.807) is 0 Å². The maximum absolute atomic E-state index is 13.1. The smallest absolute Gasteiger partial charge is 0.150 e. The fraction of sp³-hybridized carbons (Fsp3) is 0.615. The highest BCUT2D eigenvalue weighted by molar-refractivity contribution is 7.91. The van der Waals surface area contributed by atoms with Crippen molar-refractivity contribution < 1.29 is 17.9 Å². The molecular weight excluding hydrogens is 269 g/mol. The van der Waals surface area contributed by atoms with Crippen LogP contribution in [0.15, 0.2) is 18.5 Å². The molecule has 2 rings (SSSR count). The molecule has 1 aliphatic carbocycles. The van der Waals surface area contributed by atoms with Crippen molar-refractivity contribution in [2.24, 2.45) is 5.92 Å². The fourth-order valence-corrected chi connectivity index (χ4v) is 3.91. The predicted octanol–water partition coefficient (Wildman–Crippen LogP) is 1.86. The first-order valence-electron chi connectivity index (χ1n) is 6.35. The Morgan fingerprint density at radius 1 is 1.42 bits per heavy atom. The van der Waals surface area contributed by atoms with Crippen molar-refractivity contribution in [3.8, 4) is 0 Å². The first kappa shape index (κ1) is 14.4. The van der Waals surface area contributed by atoms with Gasteiger partial charge in [0.05, 0.1) is 17.6 Å². The van der Waals surface area contributed by atoms with Gasteiger partial charge in [-0.05, 0) is 31.2 Å². The lowest BCUT2D eigenvalue weighted by Crippen LogP contribution is -2.30. The van der Waals surface area contributed by atoms with Crippen LogP contribution < -0.4 is 0 Å². The summed E-state index contributed by atoms with van der Waals surface area (Å²) in [4.78, 5) is 3.71. The molecule has 1 aromatic rings. The fourth-order valence-electron chi connectivity index (χ4n) is 2.72. The van der Waals surface area contributed by atoms with E-state index in [2.05, 4.69) is 4.98 Å². The Morgan fingerprint density at radius 2 is 2.16 bits per heavy atom. The van der Waals surface area contributed by atoms with Gasteiger partial charge in [-0.25, -0.2) is 12.8 Å². The highest BCUT2D eigenvalue weighted by Gasteiger charge is 2.33. The average molecular weight is 287 g/mol. The first-order chi connectivity index (χ1) is 8.88. The van der Waals surface area contributed by atoms with Crippen LogP contribution in [0, 0.1) is 11.7 Å². The van der Waals surface area contributed by atoms with Crippen LogP contribution in [0.2, 0.25) is 0 Å². The molecule has 1 heterocycles. The number of hydrogen-bond acceptors (Lipinski definition) is 4. The summed E-state index contributed by atoms with van der Waals surface area (Å²) in [6, 6.07) is 1.25. The molecule has 106 valence electrons. The van der Waals surface area contributed by atoms with Crippen LogP contribution in [0.3, 0.4) is 0 Å². The van der Waals surface area contributed by atoms with E-state index in [9.17, 15) is 17.9 Å². The van der Waals surface area contributed by atoms with Crippen LogP contribution in [0.1, 0.15) is 37.4 Å². The van der Waals surface area contributed by atoms with E-state index in [4.69, 9.17) is 0 Å². The summed E-state index contributed by atoms with van der Waals surface area (Å²) in [5, 5.41) is 9.85. The SMILES string of the molecule is CS(=O)(=O)C1CCCC(C(O)c2cncc(F)c2)C1. The van der Waals surface area contributed by atoms with Gasteiger partial charge in [-0.1, -0.05) is 6.42 Å². The van der Waals surface area contributed by atoms with Crippen molar-refractivity contribution in [2.45, 2.75) is 37.0 Å². The Morgan fingerprint density at radius 3 is 2.79 bits per heavy atom. The minimum atomic E-state index is -3.08. The molecule has 3 atom stereocenters. The predicted molar refractivity (Wildman–Crippen MR) is 69.7 cm³/mol. The van der Waals surface area contributed by atoms with Gasteiger partial charge in [0.1, 0.15) is 15.7 Å². The van der Waals surface area contributed by atoms with Gasteiger partial charge < -0.3 is 5.11 Å². The van der Waals surface area contributed by atoms with Gasteiger partial charge in [-0.3, -0.25) is 4.98 Å². The largest absolute Gasteiger partial charge is 0.388 e. The number of halogens is 1. The van der Waals surface area contributed by atoms with Crippen molar-refractivity contribution >= 4 is 9.84 Å². The second-order valence-electron chi connectivity index (χ2n) is 5.26. The Labute approximate surface area is 112 Å². The van der Waals surface area contributed by atoms with Crippen LogP contribution in [0.5, 0.6) is 0 Å². The van der Waals surface area contributed by atoms with Crippen molar-refractivity contribution in [1.29, 1.82) is 0 Å². The molecule has 1 aliphatic rings. The summed E-state index contributed by atoms with van der Waals surface area (Å²) in [6.45, 7) is 0. The van der Waals surface area contributed by atoms with E-state index >= 15 is 0 Å². The normalized spacial score (nSPS) is 26.1. The number of nitrogens with zero attached hydrogens (tertiary/aromatic N) is 1. The molecular formula is C13H18FNO3S. The lowest BCUT2D eigenvalue weighted by Gasteiger charge is -2.31. The summed E-state index contributed by atoms with van der Waals surface area (Å²) < 4.78 is 36.3. The standard InChI is InChI=1S/C13H18FNO3S/c1-19(17,18)12-4-2-3-9(6-12)13(16)10-5-11(14)8-15-7-10/h5,7-9,12-13,16H,2-4,6H2,1H3. The number of aliphatic hydroxyl groups excluding tert-OH is 1. The molecule has 19 heavy (non-hydrogen) atoms. The summed E-state index contributed by atoms with van der Waals surface area (Å²) in [7, 11) is -3.08. The number of pyridine rings is 1. The summed E-state index contributed by atoms with van der Waals surface area (Å²) in [6.07, 6.45) is 5.48.